The van der Waals surface area contributed by atoms with Crippen molar-refractivity contribution in [2.24, 2.45) is 0 Å². The van der Waals surface area contributed by atoms with Gasteiger partial charge in [0, 0.05) is 0 Å². The van der Waals surface area contributed by atoms with Crippen molar-refractivity contribution < 1.29 is 23.1 Å². The molecule has 5 nitrogen and oxygen atoms in total. The molecule has 3 aromatic rings. The lowest BCUT2D eigenvalue weighted by molar-refractivity contribution is -0.192. The summed E-state index contributed by atoms with van der Waals surface area (Å²) < 4.78 is 31.7. The monoisotopic (exact) mass is 405 g/mol. The molecule has 26 heavy (non-hydrogen) atoms. The number of hydrogen-bond acceptors (Lipinski definition) is 3. The number of H-pyrrole nitrogens is 1. The van der Waals surface area contributed by atoms with Crippen LogP contribution in [-0.4, -0.2) is 27.2 Å². The molecule has 0 saturated carbocycles. The van der Waals surface area contributed by atoms with Crippen molar-refractivity contribution in [2.45, 2.75) is 13.1 Å². The minimum Gasteiger partial charge on any atom is -0.475 e. The first-order valence-corrected chi connectivity index (χ1v) is 7.81. The molecule has 1 heterocycles. The molecule has 0 amide bonds. The molecule has 0 aliphatic rings. The molecular formula is C16H12Cl2F3N3O2. The SMILES string of the molecule is Cc1cccc2[nH]c(Nc3c(Cl)cccc3Cl)nc12.O=C(O)C(F)(F)F. The van der Waals surface area contributed by atoms with E-state index in [4.69, 9.17) is 33.1 Å². The van der Waals surface area contributed by atoms with Crippen molar-refractivity contribution in [3.63, 3.8) is 0 Å². The van der Waals surface area contributed by atoms with Gasteiger partial charge in [-0.15, -0.1) is 0 Å². The predicted molar refractivity (Wildman–Crippen MR) is 94.3 cm³/mol. The zero-order chi connectivity index (χ0) is 19.5. The van der Waals surface area contributed by atoms with Gasteiger partial charge in [-0.1, -0.05) is 41.4 Å². The second-order valence-electron chi connectivity index (χ2n) is 5.08. The van der Waals surface area contributed by atoms with Crippen molar-refractivity contribution in [3.8, 4) is 0 Å². The highest BCUT2D eigenvalue weighted by Gasteiger charge is 2.38. The third kappa shape index (κ3) is 4.80. The molecule has 0 bridgehead atoms. The van der Waals surface area contributed by atoms with E-state index < -0.39 is 12.1 Å². The van der Waals surface area contributed by atoms with Gasteiger partial charge in [-0.25, -0.2) is 9.78 Å². The molecule has 2 aromatic carbocycles. The van der Waals surface area contributed by atoms with Crippen molar-refractivity contribution in [3.05, 3.63) is 52.0 Å². The Bertz CT molecular complexity index is 922. The van der Waals surface area contributed by atoms with Crippen LogP contribution in [0.5, 0.6) is 0 Å². The summed E-state index contributed by atoms with van der Waals surface area (Å²) in [7, 11) is 0. The number of rotatable bonds is 2. The molecule has 0 aliphatic heterocycles. The van der Waals surface area contributed by atoms with Crippen LogP contribution in [0, 0.1) is 6.92 Å². The number of aliphatic carboxylic acids is 1. The van der Waals surface area contributed by atoms with E-state index in [1.54, 1.807) is 18.2 Å². The Labute approximate surface area is 155 Å². The number of carboxylic acids is 1. The first kappa shape index (κ1) is 19.9. The summed E-state index contributed by atoms with van der Waals surface area (Å²) in [5.41, 5.74) is 3.69. The molecule has 0 fully saturated rings. The van der Waals surface area contributed by atoms with Gasteiger partial charge in [-0.2, -0.15) is 13.2 Å². The summed E-state index contributed by atoms with van der Waals surface area (Å²) in [6.45, 7) is 2.02. The standard InChI is InChI=1S/C14H11Cl2N3.C2HF3O2/c1-8-4-2-7-11-12(8)18-14(17-11)19-13-9(15)5-3-6-10(13)16;3-2(4,5)1(6)7/h2-7H,1H3,(H2,17,18,19);(H,6,7). The Kier molecular flexibility index (Phi) is 5.99. The predicted octanol–water partition coefficient (Wildman–Crippen LogP) is 5.56. The van der Waals surface area contributed by atoms with E-state index in [9.17, 15) is 13.2 Å². The topological polar surface area (TPSA) is 78.0 Å². The van der Waals surface area contributed by atoms with E-state index in [2.05, 4.69) is 15.3 Å². The number of carboxylic acid groups (broad SMARTS) is 1. The average molecular weight is 406 g/mol. The van der Waals surface area contributed by atoms with Gasteiger partial charge < -0.3 is 15.4 Å². The molecular weight excluding hydrogens is 394 g/mol. The van der Waals surface area contributed by atoms with Gasteiger partial charge in [0.05, 0.1) is 26.8 Å². The maximum Gasteiger partial charge on any atom is 0.490 e. The number of para-hydroxylation sites is 2. The quantitative estimate of drug-likeness (QED) is 0.521. The average Bonchev–Trinajstić information content (AvgIpc) is 2.95. The number of nitrogens with zero attached hydrogens (tertiary/aromatic N) is 1. The fourth-order valence-electron chi connectivity index (χ4n) is 1.97. The molecule has 0 spiro atoms. The Morgan fingerprint density at radius 3 is 2.19 bits per heavy atom. The van der Waals surface area contributed by atoms with Crippen LogP contribution < -0.4 is 5.32 Å². The number of aryl methyl sites for hydroxylation is 1. The van der Waals surface area contributed by atoms with E-state index in [0.717, 1.165) is 16.6 Å². The Hall–Kier alpha value is -2.45. The molecule has 3 N–H and O–H groups in total. The van der Waals surface area contributed by atoms with E-state index in [1.807, 2.05) is 25.1 Å². The number of aromatic nitrogens is 2. The lowest BCUT2D eigenvalue weighted by Gasteiger charge is -2.06. The molecule has 1 aromatic heterocycles. The fraction of sp³-hybridized carbons (Fsp3) is 0.125. The number of carbonyl (C=O) groups is 1. The summed E-state index contributed by atoms with van der Waals surface area (Å²) in [5, 5.41) is 11.4. The van der Waals surface area contributed by atoms with Crippen LogP contribution in [0.4, 0.5) is 24.8 Å². The number of imidazole rings is 1. The zero-order valence-corrected chi connectivity index (χ0v) is 14.7. The number of nitrogens with one attached hydrogen (secondary N) is 2. The smallest absolute Gasteiger partial charge is 0.475 e. The van der Waals surface area contributed by atoms with Crippen LogP contribution in [0.2, 0.25) is 10.0 Å². The van der Waals surface area contributed by atoms with Crippen LogP contribution in [0.25, 0.3) is 11.0 Å². The van der Waals surface area contributed by atoms with Gasteiger partial charge in [-0.05, 0) is 30.7 Å². The van der Waals surface area contributed by atoms with Crippen molar-refractivity contribution in [1.29, 1.82) is 0 Å². The highest BCUT2D eigenvalue weighted by atomic mass is 35.5. The summed E-state index contributed by atoms with van der Waals surface area (Å²) in [6, 6.07) is 11.4. The molecule has 0 unspecified atom stereocenters. The van der Waals surface area contributed by atoms with Crippen LogP contribution in [0.3, 0.4) is 0 Å². The summed E-state index contributed by atoms with van der Waals surface area (Å²) in [4.78, 5) is 16.6. The minimum atomic E-state index is -5.08. The highest BCUT2D eigenvalue weighted by Crippen LogP contribution is 2.32. The maximum absolute atomic E-state index is 10.6. The summed E-state index contributed by atoms with van der Waals surface area (Å²) in [5.74, 6) is -2.13. The lowest BCUT2D eigenvalue weighted by Crippen LogP contribution is -2.21. The number of anilines is 2. The van der Waals surface area contributed by atoms with E-state index in [0.29, 0.717) is 21.7 Å². The molecule has 0 radical (unpaired) electrons. The lowest BCUT2D eigenvalue weighted by atomic mass is 10.2. The van der Waals surface area contributed by atoms with Crippen LogP contribution >= 0.6 is 23.2 Å². The van der Waals surface area contributed by atoms with E-state index in [1.165, 1.54) is 0 Å². The van der Waals surface area contributed by atoms with Crippen LogP contribution in [0.1, 0.15) is 5.56 Å². The number of hydrogen-bond donors (Lipinski definition) is 3. The highest BCUT2D eigenvalue weighted by molar-refractivity contribution is 6.39. The van der Waals surface area contributed by atoms with Gasteiger partial charge in [0.15, 0.2) is 0 Å². The summed E-state index contributed by atoms with van der Waals surface area (Å²) in [6.07, 6.45) is -5.08. The normalized spacial score (nSPS) is 11.0. The van der Waals surface area contributed by atoms with Gasteiger partial charge in [0.1, 0.15) is 0 Å². The molecule has 0 saturated heterocycles. The fourth-order valence-corrected chi connectivity index (χ4v) is 2.46. The van der Waals surface area contributed by atoms with Crippen LogP contribution in [-0.2, 0) is 4.79 Å². The Morgan fingerprint density at radius 1 is 1.15 bits per heavy atom. The number of fused-ring (bicyclic) bond motifs is 1. The molecule has 0 atom stereocenters. The van der Waals surface area contributed by atoms with Gasteiger partial charge in [0.2, 0.25) is 5.95 Å². The number of benzene rings is 2. The molecule has 10 heteroatoms. The van der Waals surface area contributed by atoms with Gasteiger partial charge >= 0.3 is 12.1 Å². The molecule has 3 rings (SSSR count). The van der Waals surface area contributed by atoms with Crippen LogP contribution in [0.15, 0.2) is 36.4 Å². The third-order valence-corrected chi connectivity index (χ3v) is 3.79. The largest absolute Gasteiger partial charge is 0.490 e. The molecule has 0 aliphatic carbocycles. The van der Waals surface area contributed by atoms with Gasteiger partial charge in [0.25, 0.3) is 0 Å². The van der Waals surface area contributed by atoms with Crippen molar-refractivity contribution >= 4 is 51.8 Å². The van der Waals surface area contributed by atoms with E-state index in [-0.39, 0.29) is 0 Å². The number of alkyl halides is 3. The number of aromatic amines is 1. The van der Waals surface area contributed by atoms with Crippen molar-refractivity contribution in [2.75, 3.05) is 5.32 Å². The van der Waals surface area contributed by atoms with Gasteiger partial charge in [-0.3, -0.25) is 0 Å². The third-order valence-electron chi connectivity index (χ3n) is 3.16. The van der Waals surface area contributed by atoms with Crippen molar-refractivity contribution in [1.82, 2.24) is 9.97 Å². The first-order chi connectivity index (χ1) is 12.1. The van der Waals surface area contributed by atoms with E-state index >= 15 is 0 Å². The first-order valence-electron chi connectivity index (χ1n) is 7.06. The maximum atomic E-state index is 10.6. The molecule has 138 valence electrons. The number of halogens is 5. The minimum absolute atomic E-state index is 0.560. The Balaban J connectivity index is 0.000000298. The Morgan fingerprint density at radius 2 is 1.69 bits per heavy atom. The second-order valence-corrected chi connectivity index (χ2v) is 5.90. The zero-order valence-electron chi connectivity index (χ0n) is 13.2. The second kappa shape index (κ2) is 7.84. The summed E-state index contributed by atoms with van der Waals surface area (Å²) >= 11 is 12.2.